The second-order valence-corrected chi connectivity index (χ2v) is 14.8. The Hall–Kier alpha value is -4.40. The van der Waals surface area contributed by atoms with Crippen molar-refractivity contribution in [2.75, 3.05) is 23.7 Å². The average molecular weight is 671 g/mol. The molecular formula is C42H50N6O2. The number of nitrogens with zero attached hydrogens (tertiary/aromatic N) is 3. The Morgan fingerprint density at radius 2 is 1.24 bits per heavy atom. The zero-order valence-corrected chi connectivity index (χ0v) is 29.9. The third kappa shape index (κ3) is 7.82. The van der Waals surface area contributed by atoms with Crippen LogP contribution in [0, 0.1) is 13.8 Å². The minimum atomic E-state index is -0.215. The molecule has 8 nitrogen and oxygen atoms in total. The topological polar surface area (TPSA) is 99.2 Å². The van der Waals surface area contributed by atoms with Gasteiger partial charge < -0.3 is 16.0 Å². The molecule has 260 valence electrons. The highest BCUT2D eigenvalue weighted by Crippen LogP contribution is 2.43. The smallest absolute Gasteiger partial charge is 0.274 e. The van der Waals surface area contributed by atoms with Crippen LogP contribution in [0.4, 0.5) is 11.4 Å². The molecule has 3 aliphatic rings. The van der Waals surface area contributed by atoms with Gasteiger partial charge in [-0.1, -0.05) is 44.5 Å². The Bertz CT molecular complexity index is 1890. The van der Waals surface area contributed by atoms with Crippen molar-refractivity contribution in [3.8, 4) is 11.1 Å². The molecule has 50 heavy (non-hydrogen) atoms. The quantitative estimate of drug-likeness (QED) is 0.140. The molecule has 1 aliphatic heterocycles. The van der Waals surface area contributed by atoms with Crippen molar-refractivity contribution >= 4 is 23.2 Å². The number of hydrogen-bond donors (Lipinski definition) is 3. The number of pyridine rings is 2. The third-order valence-electron chi connectivity index (χ3n) is 10.5. The molecule has 0 spiro atoms. The second-order valence-electron chi connectivity index (χ2n) is 14.8. The van der Waals surface area contributed by atoms with E-state index in [1.807, 2.05) is 62.6 Å². The van der Waals surface area contributed by atoms with Gasteiger partial charge in [-0.25, -0.2) is 0 Å². The predicted molar refractivity (Wildman–Crippen MR) is 201 cm³/mol. The lowest BCUT2D eigenvalue weighted by Crippen LogP contribution is -2.29. The molecule has 3 fully saturated rings. The van der Waals surface area contributed by atoms with E-state index < -0.39 is 0 Å². The molecule has 3 heterocycles. The minimum Gasteiger partial charge on any atom is -0.320 e. The number of hydrogen-bond acceptors (Lipinski definition) is 6. The van der Waals surface area contributed by atoms with E-state index in [1.54, 1.807) is 0 Å². The van der Waals surface area contributed by atoms with Crippen molar-refractivity contribution < 1.29 is 9.59 Å². The summed E-state index contributed by atoms with van der Waals surface area (Å²) in [6.07, 6.45) is 12.3. The van der Waals surface area contributed by atoms with Gasteiger partial charge >= 0.3 is 0 Å². The van der Waals surface area contributed by atoms with E-state index in [0.29, 0.717) is 29.3 Å². The SMILES string of the molecule is Cc1c(NC(=O)c2cc(C3CC3)c(CNC(C)C)cn2)cccc1-c1cccc(NC(=O)c2cc(C3CC3)c(CN3CCCCC3)cn2)c1C. The van der Waals surface area contributed by atoms with Crippen LogP contribution in [0.5, 0.6) is 0 Å². The molecule has 2 amide bonds. The highest BCUT2D eigenvalue weighted by atomic mass is 16.2. The zero-order chi connectivity index (χ0) is 34.8. The molecule has 1 saturated heterocycles. The van der Waals surface area contributed by atoms with Crippen molar-refractivity contribution in [1.82, 2.24) is 20.2 Å². The van der Waals surface area contributed by atoms with Gasteiger partial charge in [0.15, 0.2) is 0 Å². The molecule has 0 bridgehead atoms. The highest BCUT2D eigenvalue weighted by Gasteiger charge is 2.29. The van der Waals surface area contributed by atoms with Crippen molar-refractivity contribution in [3.05, 3.63) is 106 Å². The van der Waals surface area contributed by atoms with Gasteiger partial charge in [0.25, 0.3) is 11.8 Å². The van der Waals surface area contributed by atoms with Gasteiger partial charge in [0.05, 0.1) is 0 Å². The maximum absolute atomic E-state index is 13.6. The van der Waals surface area contributed by atoms with Crippen molar-refractivity contribution in [2.45, 2.75) is 104 Å². The normalized spacial score (nSPS) is 16.4. The molecule has 0 atom stereocenters. The summed E-state index contributed by atoms with van der Waals surface area (Å²) in [6.45, 7) is 12.3. The number of likely N-dealkylation sites (tertiary alicyclic amines) is 1. The molecule has 3 N–H and O–H groups in total. The Labute approximate surface area is 296 Å². The highest BCUT2D eigenvalue weighted by molar-refractivity contribution is 6.05. The summed E-state index contributed by atoms with van der Waals surface area (Å²) in [5.74, 6) is 0.633. The lowest BCUT2D eigenvalue weighted by Gasteiger charge is -2.27. The molecule has 0 unspecified atom stereocenters. The molecule has 4 aromatic rings. The number of carbonyl (C=O) groups is 2. The number of aromatic nitrogens is 2. The predicted octanol–water partition coefficient (Wildman–Crippen LogP) is 8.50. The van der Waals surface area contributed by atoms with Gasteiger partial charge in [-0.05, 0) is 146 Å². The number of piperidine rings is 1. The number of carbonyl (C=O) groups excluding carboxylic acids is 2. The number of anilines is 2. The van der Waals surface area contributed by atoms with Crippen LogP contribution >= 0.6 is 0 Å². The summed E-state index contributed by atoms with van der Waals surface area (Å²) >= 11 is 0. The first-order valence-corrected chi connectivity index (χ1v) is 18.5. The van der Waals surface area contributed by atoms with E-state index >= 15 is 0 Å². The standard InChI is InChI=1S/C42H50N6O2/c1-26(2)43-22-31-23-44-39(20-35(31)29-14-15-29)41(49)46-37-12-8-10-33(27(37)3)34-11-9-13-38(28(34)4)47-42(50)40-21-36(30-16-17-30)32(24-45-40)25-48-18-6-5-7-19-48/h8-13,20-21,23-24,26,29-30,43H,5-7,14-19,22,25H2,1-4H3,(H,46,49)(H,47,50). The van der Waals surface area contributed by atoms with Crippen LogP contribution < -0.4 is 16.0 Å². The van der Waals surface area contributed by atoms with Crippen LogP contribution in [0.25, 0.3) is 11.1 Å². The first-order valence-electron chi connectivity index (χ1n) is 18.5. The molecule has 2 aliphatic carbocycles. The Morgan fingerprint density at radius 1 is 0.740 bits per heavy atom. The van der Waals surface area contributed by atoms with Gasteiger partial charge in [-0.3, -0.25) is 24.5 Å². The number of rotatable bonds is 12. The van der Waals surface area contributed by atoms with Crippen LogP contribution in [0.1, 0.15) is 125 Å². The van der Waals surface area contributed by atoms with Gasteiger partial charge in [0.1, 0.15) is 11.4 Å². The summed E-state index contributed by atoms with van der Waals surface area (Å²) in [4.78, 5) is 38.8. The molecular weight excluding hydrogens is 621 g/mol. The maximum Gasteiger partial charge on any atom is 0.274 e. The van der Waals surface area contributed by atoms with Crippen LogP contribution in [0.2, 0.25) is 0 Å². The number of benzene rings is 2. The third-order valence-corrected chi connectivity index (χ3v) is 10.5. The maximum atomic E-state index is 13.6. The summed E-state index contributed by atoms with van der Waals surface area (Å²) in [5, 5.41) is 9.77. The van der Waals surface area contributed by atoms with Crippen LogP contribution in [0.15, 0.2) is 60.9 Å². The second kappa shape index (κ2) is 14.8. The summed E-state index contributed by atoms with van der Waals surface area (Å²) in [5.41, 5.74) is 11.2. The van der Waals surface area contributed by atoms with Gasteiger partial charge in [0.2, 0.25) is 0 Å². The van der Waals surface area contributed by atoms with Gasteiger partial charge in [-0.2, -0.15) is 0 Å². The first kappa shape index (κ1) is 34.1. The molecule has 2 aromatic heterocycles. The van der Waals surface area contributed by atoms with E-state index in [9.17, 15) is 9.59 Å². The fraction of sp³-hybridized carbons (Fsp3) is 0.429. The fourth-order valence-corrected chi connectivity index (χ4v) is 7.25. The van der Waals surface area contributed by atoms with E-state index in [1.165, 1.54) is 54.4 Å². The Balaban J connectivity index is 1.07. The average Bonchev–Trinajstić information content (AvgIpc) is 4.05. The van der Waals surface area contributed by atoms with Crippen molar-refractivity contribution in [3.63, 3.8) is 0 Å². The van der Waals surface area contributed by atoms with Gasteiger partial charge in [0, 0.05) is 42.9 Å². The van der Waals surface area contributed by atoms with Crippen molar-refractivity contribution in [1.29, 1.82) is 0 Å². The monoisotopic (exact) mass is 670 g/mol. The Morgan fingerprint density at radius 3 is 1.74 bits per heavy atom. The number of amides is 2. The zero-order valence-electron chi connectivity index (χ0n) is 29.9. The van der Waals surface area contributed by atoms with E-state index in [4.69, 9.17) is 0 Å². The largest absolute Gasteiger partial charge is 0.320 e. The van der Waals surface area contributed by atoms with E-state index in [-0.39, 0.29) is 11.8 Å². The molecule has 8 heteroatoms. The van der Waals surface area contributed by atoms with E-state index in [0.717, 1.165) is 72.6 Å². The summed E-state index contributed by atoms with van der Waals surface area (Å²) in [6, 6.07) is 16.3. The minimum absolute atomic E-state index is 0.196. The fourth-order valence-electron chi connectivity index (χ4n) is 7.25. The van der Waals surface area contributed by atoms with E-state index in [2.05, 4.69) is 56.8 Å². The van der Waals surface area contributed by atoms with Crippen LogP contribution in [-0.4, -0.2) is 45.8 Å². The van der Waals surface area contributed by atoms with Gasteiger partial charge in [-0.15, -0.1) is 0 Å². The molecule has 7 rings (SSSR count). The van der Waals surface area contributed by atoms with Crippen molar-refractivity contribution in [2.24, 2.45) is 0 Å². The lowest BCUT2D eigenvalue weighted by atomic mass is 9.94. The van der Waals surface area contributed by atoms with Crippen LogP contribution in [-0.2, 0) is 13.1 Å². The molecule has 0 radical (unpaired) electrons. The van der Waals surface area contributed by atoms with Crippen LogP contribution in [0.3, 0.4) is 0 Å². The number of nitrogens with one attached hydrogen (secondary N) is 3. The molecule has 2 saturated carbocycles. The Kier molecular flexibility index (Phi) is 10.1. The summed E-state index contributed by atoms with van der Waals surface area (Å²) in [7, 11) is 0. The summed E-state index contributed by atoms with van der Waals surface area (Å²) < 4.78 is 0. The lowest BCUT2D eigenvalue weighted by molar-refractivity contribution is 0.101. The molecule has 2 aromatic carbocycles. The first-order chi connectivity index (χ1) is 24.2.